The molecule has 0 bridgehead atoms. The zero-order chi connectivity index (χ0) is 16.6. The molecule has 23 heavy (non-hydrogen) atoms. The van der Waals surface area contributed by atoms with Crippen LogP contribution in [0.5, 0.6) is 0 Å². The highest BCUT2D eigenvalue weighted by molar-refractivity contribution is 6.33. The average Bonchev–Trinajstić information content (AvgIpc) is 2.92. The van der Waals surface area contributed by atoms with Crippen LogP contribution in [0.3, 0.4) is 0 Å². The third-order valence-corrected chi connectivity index (χ3v) is 5.24. The third kappa shape index (κ3) is 3.19. The van der Waals surface area contributed by atoms with Crippen molar-refractivity contribution < 1.29 is 19.1 Å². The number of aliphatic carboxylic acids is 1. The molecule has 0 saturated carbocycles. The van der Waals surface area contributed by atoms with Gasteiger partial charge in [0.2, 0.25) is 0 Å². The van der Waals surface area contributed by atoms with Crippen LogP contribution in [0, 0.1) is 11.2 Å². The lowest BCUT2D eigenvalue weighted by Gasteiger charge is -2.39. The van der Waals surface area contributed by atoms with Crippen LogP contribution in [0.2, 0.25) is 5.02 Å². The van der Waals surface area contributed by atoms with E-state index in [1.54, 1.807) is 4.90 Å². The molecule has 3 rings (SSSR count). The summed E-state index contributed by atoms with van der Waals surface area (Å²) in [5.74, 6) is -1.50. The Hall–Kier alpha value is -1.66. The van der Waals surface area contributed by atoms with Gasteiger partial charge in [-0.05, 0) is 42.9 Å². The molecule has 1 aromatic carbocycles. The minimum Gasteiger partial charge on any atom is -0.480 e. The van der Waals surface area contributed by atoms with Gasteiger partial charge >= 0.3 is 5.97 Å². The fourth-order valence-corrected chi connectivity index (χ4v) is 3.74. The molecule has 2 fully saturated rings. The highest BCUT2D eigenvalue weighted by Gasteiger charge is 2.44. The minimum absolute atomic E-state index is 0.0492. The molecule has 124 valence electrons. The molecule has 7 heteroatoms. The maximum Gasteiger partial charge on any atom is 0.320 e. The molecule has 1 aromatic rings. The van der Waals surface area contributed by atoms with E-state index >= 15 is 0 Å². The predicted molar refractivity (Wildman–Crippen MR) is 83.0 cm³/mol. The van der Waals surface area contributed by atoms with Crippen LogP contribution in [0.15, 0.2) is 18.2 Å². The number of likely N-dealkylation sites (tertiary alicyclic amines) is 1. The van der Waals surface area contributed by atoms with Crippen LogP contribution < -0.4 is 5.32 Å². The number of carbonyl (C=O) groups excluding carboxylic acids is 1. The fourth-order valence-electron chi connectivity index (χ4n) is 3.49. The summed E-state index contributed by atoms with van der Waals surface area (Å²) in [6, 6.07) is 3.27. The van der Waals surface area contributed by atoms with E-state index in [0.717, 1.165) is 18.9 Å². The Morgan fingerprint density at radius 1 is 1.35 bits per heavy atom. The number of carbonyl (C=O) groups is 2. The van der Waals surface area contributed by atoms with Gasteiger partial charge < -0.3 is 15.3 Å². The van der Waals surface area contributed by atoms with Gasteiger partial charge in [-0.3, -0.25) is 9.59 Å². The first-order valence-electron chi connectivity index (χ1n) is 7.61. The van der Waals surface area contributed by atoms with Crippen molar-refractivity contribution in [2.75, 3.05) is 19.6 Å². The Kier molecular flexibility index (Phi) is 4.29. The standard InChI is InChI=1S/C16H18ClFN2O3/c17-12-7-10(18)1-2-11(12)14(21)20-5-3-16(4-6-20)8-13(15(22)23)19-9-16/h1-2,7,13,19H,3-6,8-9H2,(H,22,23). The summed E-state index contributed by atoms with van der Waals surface area (Å²) in [6.45, 7) is 1.78. The molecule has 2 aliphatic heterocycles. The SMILES string of the molecule is O=C(O)C1CC2(CCN(C(=O)c3ccc(F)cc3Cl)CC2)CN1. The highest BCUT2D eigenvalue weighted by atomic mass is 35.5. The molecule has 1 unspecified atom stereocenters. The van der Waals surface area contributed by atoms with E-state index in [2.05, 4.69) is 5.32 Å². The van der Waals surface area contributed by atoms with E-state index < -0.39 is 17.8 Å². The van der Waals surface area contributed by atoms with Crippen molar-refractivity contribution in [1.29, 1.82) is 0 Å². The van der Waals surface area contributed by atoms with Gasteiger partial charge in [-0.25, -0.2) is 4.39 Å². The molecule has 1 atom stereocenters. The van der Waals surface area contributed by atoms with Crippen molar-refractivity contribution in [1.82, 2.24) is 10.2 Å². The van der Waals surface area contributed by atoms with Gasteiger partial charge in [0, 0.05) is 19.6 Å². The topological polar surface area (TPSA) is 69.6 Å². The molecule has 2 N–H and O–H groups in total. The molecule has 0 aromatic heterocycles. The summed E-state index contributed by atoms with van der Waals surface area (Å²) < 4.78 is 13.1. The van der Waals surface area contributed by atoms with Gasteiger partial charge in [0.1, 0.15) is 11.9 Å². The summed E-state index contributed by atoms with van der Waals surface area (Å²) in [7, 11) is 0. The second-order valence-electron chi connectivity index (χ2n) is 6.39. The van der Waals surface area contributed by atoms with Crippen LogP contribution in [-0.2, 0) is 4.79 Å². The monoisotopic (exact) mass is 340 g/mol. The van der Waals surface area contributed by atoms with Crippen molar-refractivity contribution in [3.05, 3.63) is 34.6 Å². The number of benzene rings is 1. The smallest absolute Gasteiger partial charge is 0.320 e. The van der Waals surface area contributed by atoms with E-state index in [9.17, 15) is 14.0 Å². The Balaban J connectivity index is 1.65. The van der Waals surface area contributed by atoms with Crippen molar-refractivity contribution >= 4 is 23.5 Å². The molecule has 5 nitrogen and oxygen atoms in total. The highest BCUT2D eigenvalue weighted by Crippen LogP contribution is 2.39. The Labute approximate surface area is 138 Å². The van der Waals surface area contributed by atoms with Gasteiger partial charge in [-0.2, -0.15) is 0 Å². The second-order valence-corrected chi connectivity index (χ2v) is 6.80. The van der Waals surface area contributed by atoms with Crippen LogP contribution in [0.4, 0.5) is 4.39 Å². The molecular formula is C16H18ClFN2O3. The van der Waals surface area contributed by atoms with E-state index in [1.807, 2.05) is 0 Å². The van der Waals surface area contributed by atoms with Gasteiger partial charge in [0.15, 0.2) is 0 Å². The normalized spacial score (nSPS) is 23.2. The number of hydrogen-bond donors (Lipinski definition) is 2. The molecule has 2 saturated heterocycles. The first-order valence-corrected chi connectivity index (χ1v) is 7.99. The zero-order valence-electron chi connectivity index (χ0n) is 12.5. The van der Waals surface area contributed by atoms with Gasteiger partial charge in [-0.1, -0.05) is 11.6 Å². The lowest BCUT2D eigenvalue weighted by atomic mass is 9.76. The average molecular weight is 341 g/mol. The number of carboxylic acids is 1. The first-order chi connectivity index (χ1) is 10.9. The van der Waals surface area contributed by atoms with Crippen LogP contribution in [0.1, 0.15) is 29.6 Å². The molecule has 0 radical (unpaired) electrons. The minimum atomic E-state index is -0.821. The van der Waals surface area contributed by atoms with Gasteiger partial charge in [-0.15, -0.1) is 0 Å². The number of amides is 1. The number of hydrogen-bond acceptors (Lipinski definition) is 3. The Morgan fingerprint density at radius 2 is 2.04 bits per heavy atom. The summed E-state index contributed by atoms with van der Waals surface area (Å²) in [6.07, 6.45) is 2.12. The number of nitrogens with zero attached hydrogens (tertiary/aromatic N) is 1. The summed E-state index contributed by atoms with van der Waals surface area (Å²) in [5.41, 5.74) is 0.254. The number of piperidine rings is 1. The quantitative estimate of drug-likeness (QED) is 0.865. The van der Waals surface area contributed by atoms with Crippen molar-refractivity contribution in [2.45, 2.75) is 25.3 Å². The van der Waals surface area contributed by atoms with E-state index in [4.69, 9.17) is 16.7 Å². The number of halogens is 2. The van der Waals surface area contributed by atoms with Crippen molar-refractivity contribution in [3.63, 3.8) is 0 Å². The summed E-state index contributed by atoms with van der Waals surface area (Å²) in [5, 5.41) is 12.3. The fraction of sp³-hybridized carbons (Fsp3) is 0.500. The van der Waals surface area contributed by atoms with E-state index in [-0.39, 0.29) is 16.3 Å². The molecule has 2 heterocycles. The van der Waals surface area contributed by atoms with E-state index in [1.165, 1.54) is 12.1 Å². The predicted octanol–water partition coefficient (Wildman–Crippen LogP) is 2.15. The van der Waals surface area contributed by atoms with Gasteiger partial charge in [0.25, 0.3) is 5.91 Å². The third-order valence-electron chi connectivity index (χ3n) is 4.93. The molecular weight excluding hydrogens is 323 g/mol. The molecule has 1 amide bonds. The Bertz CT molecular complexity index is 644. The largest absolute Gasteiger partial charge is 0.480 e. The summed E-state index contributed by atoms with van der Waals surface area (Å²) >= 11 is 5.96. The maximum atomic E-state index is 13.1. The number of carboxylic acid groups (broad SMARTS) is 1. The molecule has 2 aliphatic rings. The van der Waals surface area contributed by atoms with E-state index in [0.29, 0.717) is 31.6 Å². The van der Waals surface area contributed by atoms with Gasteiger partial charge in [0.05, 0.1) is 10.6 Å². The number of nitrogens with one attached hydrogen (secondary N) is 1. The Morgan fingerprint density at radius 3 is 2.61 bits per heavy atom. The lowest BCUT2D eigenvalue weighted by Crippen LogP contribution is -2.44. The zero-order valence-corrected chi connectivity index (χ0v) is 13.3. The first kappa shape index (κ1) is 16.2. The lowest BCUT2D eigenvalue weighted by molar-refractivity contribution is -0.139. The van der Waals surface area contributed by atoms with Crippen molar-refractivity contribution in [2.24, 2.45) is 5.41 Å². The molecule has 0 aliphatic carbocycles. The number of rotatable bonds is 2. The van der Waals surface area contributed by atoms with Crippen LogP contribution in [-0.4, -0.2) is 47.6 Å². The van der Waals surface area contributed by atoms with Crippen LogP contribution in [0.25, 0.3) is 0 Å². The summed E-state index contributed by atoms with van der Waals surface area (Å²) in [4.78, 5) is 25.3. The second kappa shape index (κ2) is 6.09. The van der Waals surface area contributed by atoms with Crippen molar-refractivity contribution in [3.8, 4) is 0 Å². The molecule has 1 spiro atoms. The maximum absolute atomic E-state index is 13.1. The van der Waals surface area contributed by atoms with Crippen LogP contribution >= 0.6 is 11.6 Å².